The highest BCUT2D eigenvalue weighted by atomic mass is 16.5. The molecular weight excluding hydrogens is 366 g/mol. The highest BCUT2D eigenvalue weighted by Crippen LogP contribution is 2.45. The fraction of sp³-hybridized carbons (Fsp3) is 0.458. The number of carbonyl (C=O) groups is 1. The number of benzene rings is 2. The molecule has 156 valence electrons. The molecule has 2 aromatic carbocycles. The zero-order valence-electron chi connectivity index (χ0n) is 17.7. The van der Waals surface area contributed by atoms with Crippen LogP contribution >= 0.6 is 0 Å². The van der Waals surface area contributed by atoms with Gasteiger partial charge in [-0.15, -0.1) is 0 Å². The third-order valence-electron chi connectivity index (χ3n) is 5.80. The van der Waals surface area contributed by atoms with Gasteiger partial charge in [-0.25, -0.2) is 0 Å². The average molecular weight is 398 g/mol. The Morgan fingerprint density at radius 3 is 2.52 bits per heavy atom. The first-order chi connectivity index (χ1) is 14.0. The first kappa shape index (κ1) is 21.2. The minimum absolute atomic E-state index is 0.00882. The maximum Gasteiger partial charge on any atom is 0.225 e. The van der Waals surface area contributed by atoms with Crippen molar-refractivity contribution in [2.45, 2.75) is 44.6 Å². The second-order valence-corrected chi connectivity index (χ2v) is 8.04. The van der Waals surface area contributed by atoms with Crippen molar-refractivity contribution in [2.24, 2.45) is 5.92 Å². The van der Waals surface area contributed by atoms with Crippen LogP contribution in [0.3, 0.4) is 0 Å². The molecule has 1 aliphatic rings. The Labute approximate surface area is 173 Å². The maximum atomic E-state index is 13.1. The van der Waals surface area contributed by atoms with Gasteiger partial charge >= 0.3 is 0 Å². The molecule has 1 amide bonds. The SMILES string of the molecule is COc1ccc(NC(=O)C[C@]2(c3ccccc3OC)CCO[C@H](C(C)C)C2)cc1. The Morgan fingerprint density at radius 2 is 1.86 bits per heavy atom. The lowest BCUT2D eigenvalue weighted by molar-refractivity contribution is -0.119. The van der Waals surface area contributed by atoms with Crippen LogP contribution in [0.15, 0.2) is 48.5 Å². The summed E-state index contributed by atoms with van der Waals surface area (Å²) in [5.74, 6) is 1.96. The van der Waals surface area contributed by atoms with Gasteiger partial charge in [0.2, 0.25) is 5.91 Å². The van der Waals surface area contributed by atoms with Crippen molar-refractivity contribution in [3.8, 4) is 11.5 Å². The molecule has 0 saturated carbocycles. The minimum atomic E-state index is -0.323. The zero-order valence-corrected chi connectivity index (χ0v) is 17.7. The summed E-state index contributed by atoms with van der Waals surface area (Å²) in [6, 6.07) is 15.4. The standard InChI is InChI=1S/C24H31NO4/c1-17(2)22-15-24(13-14-29-22,20-7-5-6-8-21(20)28-4)16-23(26)25-18-9-11-19(27-3)12-10-18/h5-12,17,22H,13-16H2,1-4H3,(H,25,26)/t22-,24-/m0/s1. The van der Waals surface area contributed by atoms with Gasteiger partial charge < -0.3 is 19.5 Å². The number of carbonyl (C=O) groups excluding carboxylic acids is 1. The van der Waals surface area contributed by atoms with Crippen LogP contribution in [-0.2, 0) is 14.9 Å². The monoisotopic (exact) mass is 397 g/mol. The topological polar surface area (TPSA) is 56.8 Å². The van der Waals surface area contributed by atoms with Crippen LogP contribution in [0.1, 0.15) is 38.7 Å². The molecule has 2 aromatic rings. The molecule has 29 heavy (non-hydrogen) atoms. The fourth-order valence-corrected chi connectivity index (χ4v) is 4.15. The summed E-state index contributed by atoms with van der Waals surface area (Å²) in [5.41, 5.74) is 1.52. The lowest BCUT2D eigenvalue weighted by Gasteiger charge is -2.43. The fourth-order valence-electron chi connectivity index (χ4n) is 4.15. The van der Waals surface area contributed by atoms with Gasteiger partial charge in [0, 0.05) is 29.7 Å². The van der Waals surface area contributed by atoms with Crippen molar-refractivity contribution < 1.29 is 19.0 Å². The Kier molecular flexibility index (Phi) is 6.80. The molecule has 0 aliphatic carbocycles. The molecule has 0 unspecified atom stereocenters. The maximum absolute atomic E-state index is 13.1. The van der Waals surface area contributed by atoms with Crippen molar-refractivity contribution in [2.75, 3.05) is 26.1 Å². The van der Waals surface area contributed by atoms with Gasteiger partial charge in [-0.1, -0.05) is 32.0 Å². The number of methoxy groups -OCH3 is 2. The normalized spacial score (nSPS) is 21.6. The van der Waals surface area contributed by atoms with E-state index in [1.54, 1.807) is 14.2 Å². The molecule has 1 aliphatic heterocycles. The van der Waals surface area contributed by atoms with Crippen molar-refractivity contribution in [1.82, 2.24) is 0 Å². The summed E-state index contributed by atoms with van der Waals surface area (Å²) in [7, 11) is 3.31. The van der Waals surface area contributed by atoms with Crippen LogP contribution in [0.25, 0.3) is 0 Å². The van der Waals surface area contributed by atoms with E-state index in [0.29, 0.717) is 18.9 Å². The molecule has 1 heterocycles. The number of nitrogens with one attached hydrogen (secondary N) is 1. The molecule has 3 rings (SSSR count). The highest BCUT2D eigenvalue weighted by molar-refractivity contribution is 5.91. The number of hydrogen-bond acceptors (Lipinski definition) is 4. The van der Waals surface area contributed by atoms with E-state index in [1.165, 1.54) is 0 Å². The Bertz CT molecular complexity index is 818. The Balaban J connectivity index is 1.87. The van der Waals surface area contributed by atoms with Gasteiger partial charge in [0.05, 0.1) is 20.3 Å². The predicted octanol–water partition coefficient (Wildman–Crippen LogP) is 4.81. The smallest absolute Gasteiger partial charge is 0.225 e. The second-order valence-electron chi connectivity index (χ2n) is 8.04. The van der Waals surface area contributed by atoms with Gasteiger partial charge in [0.25, 0.3) is 0 Å². The summed E-state index contributed by atoms with van der Waals surface area (Å²) in [5, 5.41) is 3.04. The lowest BCUT2D eigenvalue weighted by atomic mass is 9.68. The molecular formula is C24H31NO4. The second kappa shape index (κ2) is 9.31. The zero-order chi connectivity index (χ0) is 20.9. The molecule has 0 aromatic heterocycles. The van der Waals surface area contributed by atoms with Gasteiger partial charge in [-0.2, -0.15) is 0 Å². The third-order valence-corrected chi connectivity index (χ3v) is 5.80. The van der Waals surface area contributed by atoms with Crippen LogP contribution in [0.5, 0.6) is 11.5 Å². The van der Waals surface area contributed by atoms with Crippen molar-refractivity contribution in [3.05, 3.63) is 54.1 Å². The number of amides is 1. The first-order valence-electron chi connectivity index (χ1n) is 10.2. The summed E-state index contributed by atoms with van der Waals surface area (Å²) in [6.07, 6.45) is 2.07. The van der Waals surface area contributed by atoms with E-state index in [4.69, 9.17) is 14.2 Å². The van der Waals surface area contributed by atoms with Crippen LogP contribution in [0.2, 0.25) is 0 Å². The molecule has 0 spiro atoms. The van der Waals surface area contributed by atoms with Crippen LogP contribution < -0.4 is 14.8 Å². The quantitative estimate of drug-likeness (QED) is 0.729. The number of hydrogen-bond donors (Lipinski definition) is 1. The van der Waals surface area contributed by atoms with E-state index in [-0.39, 0.29) is 17.4 Å². The van der Waals surface area contributed by atoms with Crippen molar-refractivity contribution in [1.29, 1.82) is 0 Å². The molecule has 0 radical (unpaired) electrons. The largest absolute Gasteiger partial charge is 0.497 e. The van der Waals surface area contributed by atoms with Crippen molar-refractivity contribution in [3.63, 3.8) is 0 Å². The van der Waals surface area contributed by atoms with E-state index in [2.05, 4.69) is 25.2 Å². The third kappa shape index (κ3) is 4.91. The van der Waals surface area contributed by atoms with Crippen LogP contribution in [0.4, 0.5) is 5.69 Å². The van der Waals surface area contributed by atoms with E-state index < -0.39 is 0 Å². The molecule has 1 N–H and O–H groups in total. The highest BCUT2D eigenvalue weighted by Gasteiger charge is 2.42. The van der Waals surface area contributed by atoms with E-state index in [1.807, 2.05) is 42.5 Å². The molecule has 2 atom stereocenters. The predicted molar refractivity (Wildman–Crippen MR) is 115 cm³/mol. The number of para-hydroxylation sites is 1. The summed E-state index contributed by atoms with van der Waals surface area (Å²) in [4.78, 5) is 13.1. The van der Waals surface area contributed by atoms with Crippen molar-refractivity contribution >= 4 is 11.6 Å². The summed E-state index contributed by atoms with van der Waals surface area (Å²) < 4.78 is 16.9. The average Bonchev–Trinajstić information content (AvgIpc) is 2.74. The molecule has 1 fully saturated rings. The Hall–Kier alpha value is -2.53. The van der Waals surface area contributed by atoms with E-state index in [0.717, 1.165) is 35.6 Å². The van der Waals surface area contributed by atoms with Crippen LogP contribution in [-0.4, -0.2) is 32.8 Å². The molecule has 0 bridgehead atoms. The van der Waals surface area contributed by atoms with Crippen LogP contribution in [0, 0.1) is 5.92 Å². The number of rotatable bonds is 7. The Morgan fingerprint density at radius 1 is 1.14 bits per heavy atom. The summed E-state index contributed by atoms with van der Waals surface area (Å²) >= 11 is 0. The number of ether oxygens (including phenoxy) is 3. The van der Waals surface area contributed by atoms with Gasteiger partial charge in [0.1, 0.15) is 11.5 Å². The first-order valence-corrected chi connectivity index (χ1v) is 10.2. The van der Waals surface area contributed by atoms with Gasteiger partial charge in [-0.3, -0.25) is 4.79 Å². The molecule has 5 heteroatoms. The minimum Gasteiger partial charge on any atom is -0.497 e. The van der Waals surface area contributed by atoms with Gasteiger partial charge in [0.15, 0.2) is 0 Å². The number of anilines is 1. The molecule has 5 nitrogen and oxygen atoms in total. The van der Waals surface area contributed by atoms with E-state index in [9.17, 15) is 4.79 Å². The summed E-state index contributed by atoms with van der Waals surface area (Å²) in [6.45, 7) is 4.97. The van der Waals surface area contributed by atoms with Gasteiger partial charge in [-0.05, 0) is 49.1 Å². The molecule has 1 saturated heterocycles. The lowest BCUT2D eigenvalue weighted by Crippen LogP contribution is -2.43. The van der Waals surface area contributed by atoms with E-state index >= 15 is 0 Å².